The second-order valence-electron chi connectivity index (χ2n) is 4.68. The van der Waals surface area contributed by atoms with E-state index in [-0.39, 0.29) is 0 Å². The molecule has 4 rings (SSSR count). The number of thiazole rings is 1. The van der Waals surface area contributed by atoms with Crippen molar-refractivity contribution in [3.63, 3.8) is 0 Å². The van der Waals surface area contributed by atoms with Crippen molar-refractivity contribution >= 4 is 67.2 Å². The van der Waals surface area contributed by atoms with Crippen LogP contribution in [0.15, 0.2) is 52.9 Å². The molecule has 0 amide bonds. The van der Waals surface area contributed by atoms with Gasteiger partial charge in [0.1, 0.15) is 0 Å². The Balaban J connectivity index is 1.48. The zero-order valence-corrected chi connectivity index (χ0v) is 14.9. The summed E-state index contributed by atoms with van der Waals surface area (Å²) in [7, 11) is 0. The molecule has 0 aliphatic carbocycles. The van der Waals surface area contributed by atoms with Crippen LogP contribution in [0.5, 0.6) is 0 Å². The summed E-state index contributed by atoms with van der Waals surface area (Å²) in [5.74, 6) is 0. The minimum atomic E-state index is 0.718. The van der Waals surface area contributed by atoms with Gasteiger partial charge in [-0.2, -0.15) is 5.10 Å². The zero-order valence-electron chi connectivity index (χ0n) is 11.7. The average molecular weight is 376 g/mol. The standard InChI is InChI=1S/C16H10ClN3S3/c17-10-3-5-12-15(8-10)23-16(19-12)20-18-9-11-4-6-14(22-11)13-2-1-7-21-13/h1-9H,(H,19,20). The van der Waals surface area contributed by atoms with Crippen molar-refractivity contribution in [1.29, 1.82) is 0 Å². The van der Waals surface area contributed by atoms with Gasteiger partial charge in [-0.1, -0.05) is 29.0 Å². The Kier molecular flexibility index (Phi) is 4.13. The van der Waals surface area contributed by atoms with Crippen molar-refractivity contribution in [3.05, 3.63) is 57.7 Å². The van der Waals surface area contributed by atoms with E-state index in [2.05, 4.69) is 45.2 Å². The average Bonchev–Trinajstić information content (AvgIpc) is 3.26. The lowest BCUT2D eigenvalue weighted by Crippen LogP contribution is -1.87. The van der Waals surface area contributed by atoms with Gasteiger partial charge in [0, 0.05) is 19.7 Å². The van der Waals surface area contributed by atoms with Crippen LogP contribution in [0.4, 0.5) is 5.13 Å². The van der Waals surface area contributed by atoms with Gasteiger partial charge >= 0.3 is 0 Å². The lowest BCUT2D eigenvalue weighted by Gasteiger charge is -1.91. The minimum Gasteiger partial charge on any atom is -0.253 e. The van der Waals surface area contributed by atoms with Crippen LogP contribution in [-0.4, -0.2) is 11.2 Å². The van der Waals surface area contributed by atoms with Gasteiger partial charge in [-0.3, -0.25) is 5.43 Å². The van der Waals surface area contributed by atoms with Crippen molar-refractivity contribution in [2.45, 2.75) is 0 Å². The van der Waals surface area contributed by atoms with Gasteiger partial charge in [-0.05, 0) is 41.8 Å². The van der Waals surface area contributed by atoms with Gasteiger partial charge in [0.2, 0.25) is 5.13 Å². The SMILES string of the molecule is Clc1ccc2nc(NN=Cc3ccc(-c4cccs4)s3)sc2c1. The van der Waals surface area contributed by atoms with E-state index in [9.17, 15) is 0 Å². The highest BCUT2D eigenvalue weighted by Gasteiger charge is 2.04. The number of nitrogens with zero attached hydrogens (tertiary/aromatic N) is 2. The predicted octanol–water partition coefficient (Wildman–Crippen LogP) is 6.19. The first-order valence-corrected chi connectivity index (χ1v) is 9.66. The molecule has 3 nitrogen and oxygen atoms in total. The van der Waals surface area contributed by atoms with Crippen molar-refractivity contribution in [1.82, 2.24) is 4.98 Å². The first kappa shape index (κ1) is 14.8. The third-order valence-corrected chi connectivity index (χ3v) is 6.34. The molecule has 4 aromatic rings. The number of benzene rings is 1. The van der Waals surface area contributed by atoms with Crippen LogP contribution in [0.2, 0.25) is 5.02 Å². The van der Waals surface area contributed by atoms with E-state index in [0.717, 1.165) is 25.2 Å². The number of hydrogen-bond acceptors (Lipinski definition) is 6. The maximum absolute atomic E-state index is 5.99. The van der Waals surface area contributed by atoms with Gasteiger partial charge in [-0.25, -0.2) is 4.98 Å². The van der Waals surface area contributed by atoms with Crippen molar-refractivity contribution < 1.29 is 0 Å². The molecule has 0 radical (unpaired) electrons. The van der Waals surface area contributed by atoms with Crippen LogP contribution >= 0.6 is 45.6 Å². The van der Waals surface area contributed by atoms with E-state index >= 15 is 0 Å². The molecule has 1 aromatic carbocycles. The van der Waals surface area contributed by atoms with E-state index in [1.54, 1.807) is 22.7 Å². The minimum absolute atomic E-state index is 0.718. The van der Waals surface area contributed by atoms with Crippen molar-refractivity contribution in [2.75, 3.05) is 5.43 Å². The fourth-order valence-corrected chi connectivity index (χ4v) is 4.88. The maximum Gasteiger partial charge on any atom is 0.204 e. The number of aromatic nitrogens is 1. The Morgan fingerprint density at radius 2 is 2.04 bits per heavy atom. The molecule has 114 valence electrons. The molecular formula is C16H10ClN3S3. The van der Waals surface area contributed by atoms with Gasteiger partial charge in [0.15, 0.2) is 0 Å². The van der Waals surface area contributed by atoms with Crippen LogP contribution in [0, 0.1) is 0 Å². The van der Waals surface area contributed by atoms with Crippen molar-refractivity contribution in [2.24, 2.45) is 5.10 Å². The zero-order chi connectivity index (χ0) is 15.6. The second-order valence-corrected chi connectivity index (χ2v) is 8.21. The summed E-state index contributed by atoms with van der Waals surface area (Å²) in [4.78, 5) is 8.12. The van der Waals surface area contributed by atoms with E-state index in [4.69, 9.17) is 11.6 Å². The summed E-state index contributed by atoms with van der Waals surface area (Å²) in [6.07, 6.45) is 1.82. The molecule has 0 saturated heterocycles. The maximum atomic E-state index is 5.99. The molecule has 3 heterocycles. The number of halogens is 1. The van der Waals surface area contributed by atoms with Gasteiger partial charge < -0.3 is 0 Å². The third kappa shape index (κ3) is 3.30. The van der Waals surface area contributed by atoms with Crippen LogP contribution in [0.25, 0.3) is 20.0 Å². The normalized spacial score (nSPS) is 11.5. The molecule has 0 unspecified atom stereocenters. The summed E-state index contributed by atoms with van der Waals surface area (Å²) in [5, 5.41) is 7.84. The van der Waals surface area contributed by atoms with Crippen molar-refractivity contribution in [3.8, 4) is 9.75 Å². The molecule has 0 aliphatic heterocycles. The molecule has 23 heavy (non-hydrogen) atoms. The Hall–Kier alpha value is -1.73. The molecule has 1 N–H and O–H groups in total. The highest BCUT2D eigenvalue weighted by Crippen LogP contribution is 2.31. The number of anilines is 1. The van der Waals surface area contributed by atoms with Gasteiger partial charge in [-0.15, -0.1) is 22.7 Å². The summed E-state index contributed by atoms with van der Waals surface area (Å²) >= 11 is 11.0. The molecule has 0 spiro atoms. The number of nitrogens with one attached hydrogen (secondary N) is 1. The Morgan fingerprint density at radius 1 is 1.09 bits per heavy atom. The lowest BCUT2D eigenvalue weighted by molar-refractivity contribution is 1.31. The third-order valence-electron chi connectivity index (χ3n) is 3.09. The Labute approximate surface area is 149 Å². The molecule has 0 bridgehead atoms. The summed E-state index contributed by atoms with van der Waals surface area (Å²) in [6.45, 7) is 0. The number of hydrogen-bond donors (Lipinski definition) is 1. The fraction of sp³-hybridized carbons (Fsp3) is 0. The number of hydrazone groups is 1. The van der Waals surface area contributed by atoms with Crippen LogP contribution in [-0.2, 0) is 0 Å². The monoisotopic (exact) mass is 375 g/mol. The highest BCUT2D eigenvalue weighted by atomic mass is 35.5. The molecule has 0 aliphatic rings. The molecule has 7 heteroatoms. The first-order chi connectivity index (χ1) is 11.3. The van der Waals surface area contributed by atoms with E-state index in [0.29, 0.717) is 0 Å². The largest absolute Gasteiger partial charge is 0.253 e. The number of fused-ring (bicyclic) bond motifs is 1. The van der Waals surface area contributed by atoms with Crippen LogP contribution < -0.4 is 5.43 Å². The molecule has 0 fully saturated rings. The lowest BCUT2D eigenvalue weighted by atomic mass is 10.3. The van der Waals surface area contributed by atoms with E-state index in [1.807, 2.05) is 24.4 Å². The summed E-state index contributed by atoms with van der Waals surface area (Å²) in [5.41, 5.74) is 3.91. The number of thiophene rings is 2. The molecular weight excluding hydrogens is 366 g/mol. The topological polar surface area (TPSA) is 37.3 Å². The molecule has 3 aromatic heterocycles. The number of rotatable bonds is 4. The Bertz CT molecular complexity index is 970. The molecule has 0 saturated carbocycles. The molecule has 0 atom stereocenters. The van der Waals surface area contributed by atoms with Gasteiger partial charge in [0.25, 0.3) is 0 Å². The predicted molar refractivity (Wildman–Crippen MR) is 103 cm³/mol. The van der Waals surface area contributed by atoms with E-state index in [1.165, 1.54) is 21.1 Å². The highest BCUT2D eigenvalue weighted by molar-refractivity contribution is 7.22. The first-order valence-electron chi connectivity index (χ1n) is 6.77. The quantitative estimate of drug-likeness (QED) is 0.341. The smallest absolute Gasteiger partial charge is 0.204 e. The summed E-state index contributed by atoms with van der Waals surface area (Å²) < 4.78 is 1.05. The second kappa shape index (κ2) is 6.41. The van der Waals surface area contributed by atoms with Crippen LogP contribution in [0.1, 0.15) is 4.88 Å². The van der Waals surface area contributed by atoms with E-state index < -0.39 is 0 Å². The Morgan fingerprint density at radius 3 is 2.91 bits per heavy atom. The summed E-state index contributed by atoms with van der Waals surface area (Å²) in [6, 6.07) is 14.1. The van der Waals surface area contributed by atoms with Gasteiger partial charge in [0.05, 0.1) is 16.4 Å². The fourth-order valence-electron chi connectivity index (χ4n) is 2.07. The van der Waals surface area contributed by atoms with Crippen LogP contribution in [0.3, 0.4) is 0 Å².